The Hall–Kier alpha value is -3.47. The number of piperidine rings is 3. The molecule has 4 N–H and O–H groups in total. The normalized spacial score (nSPS) is 20.2. The van der Waals surface area contributed by atoms with Crippen LogP contribution in [0, 0.1) is 5.92 Å². The molecule has 1 aromatic carbocycles. The summed E-state index contributed by atoms with van der Waals surface area (Å²) in [6, 6.07) is 5.12. The van der Waals surface area contributed by atoms with Gasteiger partial charge in [-0.15, -0.1) is 0 Å². The van der Waals surface area contributed by atoms with E-state index in [1.807, 2.05) is 26.0 Å². The number of carbonyl (C=O) groups excluding carboxylic acids is 3. The van der Waals surface area contributed by atoms with Crippen LogP contribution in [0.4, 0.5) is 4.79 Å². The summed E-state index contributed by atoms with van der Waals surface area (Å²) in [5.41, 5.74) is 1.56. The maximum Gasteiger partial charge on any atom is 0.342 e. The molecule has 4 heterocycles. The predicted octanol–water partition coefficient (Wildman–Crippen LogP) is 1.60. The average Bonchev–Trinajstić information content (AvgIpc) is 3.26. The molecule has 1 atom stereocenters. The first-order valence-corrected chi connectivity index (χ1v) is 12.6. The highest BCUT2D eigenvalue weighted by Gasteiger charge is 2.35. The molecule has 2 bridgehead atoms. The molecule has 0 saturated carbocycles. The fourth-order valence-electron chi connectivity index (χ4n) is 4.78. The number of nitrogens with one attached hydrogen (secondary N) is 3. The first-order chi connectivity index (χ1) is 17.4. The molecule has 0 aliphatic carbocycles. The molecule has 2 aromatic rings. The minimum atomic E-state index is -0.364. The van der Waals surface area contributed by atoms with Crippen molar-refractivity contribution in [3.8, 4) is 0 Å². The van der Waals surface area contributed by atoms with Crippen molar-refractivity contribution in [2.45, 2.75) is 52.0 Å². The second-order valence-corrected chi connectivity index (χ2v) is 9.19. The van der Waals surface area contributed by atoms with Crippen molar-refractivity contribution in [3.05, 3.63) is 29.5 Å². The smallest absolute Gasteiger partial charge is 0.342 e. The van der Waals surface area contributed by atoms with Crippen LogP contribution >= 0.6 is 0 Å². The number of carbonyl (C=O) groups is 4. The number of rotatable bonds is 8. The molecule has 11 nitrogen and oxygen atoms in total. The number of aromatic nitrogens is 2. The topological polar surface area (TPSA) is 146 Å². The quantitative estimate of drug-likeness (QED) is 0.403. The summed E-state index contributed by atoms with van der Waals surface area (Å²) in [5, 5.41) is 20.8. The van der Waals surface area contributed by atoms with E-state index in [0.29, 0.717) is 29.9 Å². The fourth-order valence-corrected chi connectivity index (χ4v) is 4.78. The third-order valence-electron chi connectivity index (χ3n) is 6.59. The van der Waals surface area contributed by atoms with Crippen LogP contribution in [0.25, 0.3) is 10.9 Å². The van der Waals surface area contributed by atoms with Crippen molar-refractivity contribution < 1.29 is 24.3 Å². The zero-order chi connectivity index (χ0) is 26.1. The highest BCUT2D eigenvalue weighted by Crippen LogP contribution is 2.28. The summed E-state index contributed by atoms with van der Waals surface area (Å²) in [6.07, 6.45) is 4.07. The highest BCUT2D eigenvalue weighted by atomic mass is 16.3. The molecule has 36 heavy (non-hydrogen) atoms. The van der Waals surface area contributed by atoms with Crippen molar-refractivity contribution in [3.63, 3.8) is 0 Å². The lowest BCUT2D eigenvalue weighted by Crippen LogP contribution is -2.57. The van der Waals surface area contributed by atoms with Gasteiger partial charge in [-0.25, -0.2) is 4.79 Å². The molecule has 3 aliphatic rings. The van der Waals surface area contributed by atoms with Gasteiger partial charge in [0.2, 0.25) is 5.91 Å². The van der Waals surface area contributed by atoms with Crippen molar-refractivity contribution in [2.75, 3.05) is 32.7 Å². The summed E-state index contributed by atoms with van der Waals surface area (Å²) in [7, 11) is 0. The lowest BCUT2D eigenvalue weighted by atomic mass is 9.84. The zero-order valence-corrected chi connectivity index (χ0v) is 21.0. The molecule has 11 heteroatoms. The number of nitrogens with zero attached hydrogens (tertiary/aromatic N) is 3. The minimum Gasteiger partial charge on any atom is -0.483 e. The van der Waals surface area contributed by atoms with Gasteiger partial charge in [0.1, 0.15) is 0 Å². The van der Waals surface area contributed by atoms with Gasteiger partial charge < -0.3 is 26.0 Å². The molecule has 3 saturated heterocycles. The van der Waals surface area contributed by atoms with E-state index in [9.17, 15) is 14.4 Å². The monoisotopic (exact) mass is 500 g/mol. The van der Waals surface area contributed by atoms with Gasteiger partial charge in [-0.1, -0.05) is 19.9 Å². The zero-order valence-electron chi connectivity index (χ0n) is 21.0. The number of benzene rings is 1. The van der Waals surface area contributed by atoms with Gasteiger partial charge in [0.05, 0.1) is 11.9 Å². The lowest BCUT2D eigenvalue weighted by molar-refractivity contribution is -0.123. The van der Waals surface area contributed by atoms with Crippen LogP contribution in [0.5, 0.6) is 0 Å². The van der Waals surface area contributed by atoms with Crippen LogP contribution in [0.3, 0.4) is 0 Å². The number of hydrogen-bond acceptors (Lipinski definition) is 6. The Morgan fingerprint density at radius 2 is 1.78 bits per heavy atom. The van der Waals surface area contributed by atoms with E-state index in [1.165, 1.54) is 4.68 Å². The number of fused-ring (bicyclic) bond motifs is 4. The standard InChI is InChI=1S/C24H34N6O3.CH2O2/c1-3-9-25-21(31)14-16-5-6-20-18(13-16)22(28-30(20)24(33)26-10-4-2)23(32)27-19-15-29-11-7-17(19)8-12-29;2-1-3/h5-6,13,17,19H,3-4,7-12,14-15H2,1-2H3,(H,25,31)(H,26,33)(H,27,32);1H,(H,2,3)/t19-;/m0./s1. The largest absolute Gasteiger partial charge is 0.483 e. The van der Waals surface area contributed by atoms with Crippen LogP contribution in [0.1, 0.15) is 55.6 Å². The molecule has 3 fully saturated rings. The Labute approximate surface area is 210 Å². The van der Waals surface area contributed by atoms with Crippen molar-refractivity contribution in [1.29, 1.82) is 0 Å². The third-order valence-corrected chi connectivity index (χ3v) is 6.59. The third kappa shape index (κ3) is 6.60. The molecular formula is C25H36N6O5. The van der Waals surface area contributed by atoms with E-state index in [4.69, 9.17) is 9.90 Å². The molecule has 5 rings (SSSR count). The Morgan fingerprint density at radius 1 is 1.11 bits per heavy atom. The number of carboxylic acid groups (broad SMARTS) is 1. The van der Waals surface area contributed by atoms with E-state index in [0.717, 1.165) is 50.9 Å². The second-order valence-electron chi connectivity index (χ2n) is 9.19. The Balaban J connectivity index is 0.00000115. The Morgan fingerprint density at radius 3 is 2.39 bits per heavy atom. The molecule has 0 unspecified atom stereocenters. The molecular weight excluding hydrogens is 464 g/mol. The van der Waals surface area contributed by atoms with Gasteiger partial charge in [0, 0.05) is 31.1 Å². The van der Waals surface area contributed by atoms with Gasteiger partial charge in [0.15, 0.2) is 5.69 Å². The first-order valence-electron chi connectivity index (χ1n) is 12.6. The van der Waals surface area contributed by atoms with Gasteiger partial charge in [0.25, 0.3) is 12.4 Å². The maximum absolute atomic E-state index is 13.3. The summed E-state index contributed by atoms with van der Waals surface area (Å²) in [4.78, 5) is 49.0. The fraction of sp³-hybridized carbons (Fsp3) is 0.560. The van der Waals surface area contributed by atoms with Gasteiger partial charge >= 0.3 is 6.03 Å². The SMILES string of the molecule is CCCNC(=O)Cc1ccc2c(c1)c(C(=O)N[C@H]1CN3CCC1CC3)nn2C(=O)NCCC.O=CO. The minimum absolute atomic E-state index is 0.0671. The molecule has 3 amide bonds. The molecule has 3 aliphatic heterocycles. The summed E-state index contributed by atoms with van der Waals surface area (Å²) >= 11 is 0. The first kappa shape index (κ1) is 27.1. The van der Waals surface area contributed by atoms with Crippen LogP contribution < -0.4 is 16.0 Å². The van der Waals surface area contributed by atoms with Gasteiger partial charge in [-0.05, 0) is 62.4 Å². The number of amides is 3. The van der Waals surface area contributed by atoms with Crippen LogP contribution in [0.2, 0.25) is 0 Å². The van der Waals surface area contributed by atoms with Crippen LogP contribution in [-0.2, 0) is 16.0 Å². The Kier molecular flexibility index (Phi) is 9.80. The molecule has 196 valence electrons. The highest BCUT2D eigenvalue weighted by molar-refractivity contribution is 6.07. The van der Waals surface area contributed by atoms with Gasteiger partial charge in [-0.3, -0.25) is 14.4 Å². The summed E-state index contributed by atoms with van der Waals surface area (Å²) < 4.78 is 1.26. The van der Waals surface area contributed by atoms with E-state index in [2.05, 4.69) is 25.9 Å². The van der Waals surface area contributed by atoms with Crippen LogP contribution in [-0.4, -0.2) is 82.9 Å². The second kappa shape index (κ2) is 13.0. The molecule has 1 aromatic heterocycles. The van der Waals surface area contributed by atoms with Crippen molar-refractivity contribution in [2.24, 2.45) is 5.92 Å². The van der Waals surface area contributed by atoms with E-state index in [-0.39, 0.29) is 42.5 Å². The van der Waals surface area contributed by atoms with Crippen LogP contribution in [0.15, 0.2) is 18.2 Å². The lowest BCUT2D eigenvalue weighted by Gasteiger charge is -2.44. The summed E-state index contributed by atoms with van der Waals surface area (Å²) in [6.45, 7) is 7.93. The predicted molar refractivity (Wildman–Crippen MR) is 135 cm³/mol. The van der Waals surface area contributed by atoms with E-state index < -0.39 is 0 Å². The van der Waals surface area contributed by atoms with E-state index >= 15 is 0 Å². The van der Waals surface area contributed by atoms with E-state index in [1.54, 1.807) is 6.07 Å². The van der Waals surface area contributed by atoms with Crippen molar-refractivity contribution in [1.82, 2.24) is 30.6 Å². The number of hydrogen-bond donors (Lipinski definition) is 4. The molecule has 0 spiro atoms. The molecule has 0 radical (unpaired) electrons. The Bertz CT molecular complexity index is 1080. The van der Waals surface area contributed by atoms with Gasteiger partial charge in [-0.2, -0.15) is 9.78 Å². The summed E-state index contributed by atoms with van der Waals surface area (Å²) in [5.74, 6) is 0.147. The van der Waals surface area contributed by atoms with Crippen molar-refractivity contribution >= 4 is 35.2 Å². The maximum atomic E-state index is 13.3. The average molecular weight is 501 g/mol.